The number of amides is 1. The number of nitrogens with zero attached hydrogens (tertiary/aromatic N) is 3. The summed E-state index contributed by atoms with van der Waals surface area (Å²) in [5.41, 5.74) is 1.88. The number of nitrogens with one attached hydrogen (secondary N) is 1. The largest absolute Gasteiger partial charge is 0.497 e. The van der Waals surface area contributed by atoms with Gasteiger partial charge in [0, 0.05) is 51.2 Å². The van der Waals surface area contributed by atoms with E-state index in [1.807, 2.05) is 33.0 Å². The first-order chi connectivity index (χ1) is 16.2. The Morgan fingerprint density at radius 3 is 2.18 bits per heavy atom. The normalized spacial score (nSPS) is 23.3. The SMILES string of the molecule is COc1cc(C)c(S(=O)N(C)CCC(=O)NC2CCN(C3CCC(N(C)C)CC3)CC2)c(C)c1. The Morgan fingerprint density at radius 2 is 1.65 bits per heavy atom. The molecule has 8 heteroatoms. The minimum absolute atomic E-state index is 0.0527. The summed E-state index contributed by atoms with van der Waals surface area (Å²) in [7, 11) is 6.52. The molecule has 1 N–H and O–H groups in total. The van der Waals surface area contributed by atoms with Crippen LogP contribution >= 0.6 is 0 Å². The first-order valence-electron chi connectivity index (χ1n) is 12.7. The second-order valence-corrected chi connectivity index (χ2v) is 11.8. The third-order valence-corrected chi connectivity index (χ3v) is 9.33. The third-order valence-electron chi connectivity index (χ3n) is 7.59. The number of carbonyl (C=O) groups is 1. The molecule has 7 nitrogen and oxygen atoms in total. The molecule has 1 aliphatic heterocycles. The lowest BCUT2D eigenvalue weighted by Crippen LogP contribution is -2.50. The first kappa shape index (κ1) is 27.1. The van der Waals surface area contributed by atoms with Crippen LogP contribution in [-0.4, -0.2) is 90.2 Å². The average molecular weight is 493 g/mol. The predicted octanol–water partition coefficient (Wildman–Crippen LogP) is 3.11. The molecule has 1 saturated heterocycles. The number of likely N-dealkylation sites (tertiary alicyclic amines) is 1. The number of carbonyl (C=O) groups excluding carboxylic acids is 1. The molecule has 0 spiro atoms. The predicted molar refractivity (Wildman–Crippen MR) is 139 cm³/mol. The fourth-order valence-corrected chi connectivity index (χ4v) is 6.69. The van der Waals surface area contributed by atoms with Gasteiger partial charge in [0.2, 0.25) is 5.91 Å². The van der Waals surface area contributed by atoms with E-state index in [0.717, 1.165) is 53.7 Å². The van der Waals surface area contributed by atoms with Gasteiger partial charge in [-0.15, -0.1) is 0 Å². The lowest BCUT2D eigenvalue weighted by Gasteiger charge is -2.42. The highest BCUT2D eigenvalue weighted by Gasteiger charge is 2.30. The molecular weight excluding hydrogens is 448 g/mol. The summed E-state index contributed by atoms with van der Waals surface area (Å²) >= 11 is 0. The molecule has 1 saturated carbocycles. The Labute approximate surface area is 208 Å². The quantitative estimate of drug-likeness (QED) is 0.574. The summed E-state index contributed by atoms with van der Waals surface area (Å²) in [6.07, 6.45) is 7.55. The maximum atomic E-state index is 13.1. The Bertz CT molecular complexity index is 823. The van der Waals surface area contributed by atoms with E-state index >= 15 is 0 Å². The number of rotatable bonds is 9. The van der Waals surface area contributed by atoms with Crippen molar-refractivity contribution in [1.29, 1.82) is 0 Å². The number of hydrogen-bond acceptors (Lipinski definition) is 5. The highest BCUT2D eigenvalue weighted by Crippen LogP contribution is 2.28. The van der Waals surface area contributed by atoms with Crippen LogP contribution < -0.4 is 10.1 Å². The van der Waals surface area contributed by atoms with E-state index < -0.39 is 11.0 Å². The lowest BCUT2D eigenvalue weighted by molar-refractivity contribution is -0.122. The second-order valence-electron chi connectivity index (χ2n) is 10.2. The maximum absolute atomic E-state index is 13.1. The Morgan fingerprint density at radius 1 is 1.06 bits per heavy atom. The monoisotopic (exact) mass is 492 g/mol. The molecule has 1 unspecified atom stereocenters. The Hall–Kier alpha value is -1.48. The molecular formula is C26H44N4O3S. The van der Waals surface area contributed by atoms with Gasteiger partial charge in [-0.25, -0.2) is 8.51 Å². The van der Waals surface area contributed by atoms with Gasteiger partial charge in [0.15, 0.2) is 0 Å². The maximum Gasteiger partial charge on any atom is 0.221 e. The van der Waals surface area contributed by atoms with Crippen LogP contribution in [0.15, 0.2) is 17.0 Å². The zero-order valence-corrected chi connectivity index (χ0v) is 22.7. The number of hydrogen-bond donors (Lipinski definition) is 1. The van der Waals surface area contributed by atoms with Gasteiger partial charge in [-0.2, -0.15) is 0 Å². The van der Waals surface area contributed by atoms with Crippen molar-refractivity contribution in [3.63, 3.8) is 0 Å². The third kappa shape index (κ3) is 7.03. The molecule has 34 heavy (non-hydrogen) atoms. The number of piperidine rings is 1. The number of aryl methyl sites for hydroxylation is 2. The van der Waals surface area contributed by atoms with Crippen molar-refractivity contribution in [3.05, 3.63) is 23.3 Å². The van der Waals surface area contributed by atoms with Gasteiger partial charge in [-0.3, -0.25) is 4.79 Å². The van der Waals surface area contributed by atoms with Gasteiger partial charge in [0.1, 0.15) is 16.7 Å². The van der Waals surface area contributed by atoms with Crippen LogP contribution in [0, 0.1) is 13.8 Å². The minimum atomic E-state index is -1.31. The summed E-state index contributed by atoms with van der Waals surface area (Å²) in [5.74, 6) is 0.821. The van der Waals surface area contributed by atoms with Crippen LogP contribution in [0.2, 0.25) is 0 Å². The van der Waals surface area contributed by atoms with Crippen molar-refractivity contribution in [1.82, 2.24) is 19.4 Å². The molecule has 1 aromatic rings. The van der Waals surface area contributed by atoms with Crippen molar-refractivity contribution in [3.8, 4) is 5.75 Å². The standard InChI is InChI=1S/C26H44N4O3S/c1-19-17-24(33-6)18-20(2)26(19)34(32)29(5)14-13-25(31)27-21-11-15-30(16-12-21)23-9-7-22(8-10-23)28(3)4/h17-18,21-23H,7-16H2,1-6H3,(H,27,31). The lowest BCUT2D eigenvalue weighted by atomic mass is 9.88. The van der Waals surface area contributed by atoms with E-state index in [9.17, 15) is 9.00 Å². The van der Waals surface area contributed by atoms with E-state index in [4.69, 9.17) is 4.74 Å². The molecule has 0 bridgehead atoms. The van der Waals surface area contributed by atoms with Crippen LogP contribution in [0.3, 0.4) is 0 Å². The molecule has 3 rings (SSSR count). The smallest absolute Gasteiger partial charge is 0.221 e. The first-order valence-corrected chi connectivity index (χ1v) is 13.8. The molecule has 1 amide bonds. The molecule has 0 aromatic heterocycles. The Kier molecular flexibility index (Phi) is 9.95. The van der Waals surface area contributed by atoms with Gasteiger partial charge in [0.25, 0.3) is 0 Å². The van der Waals surface area contributed by atoms with Crippen molar-refractivity contribution in [2.75, 3.05) is 47.9 Å². The molecule has 2 aliphatic rings. The van der Waals surface area contributed by atoms with E-state index in [0.29, 0.717) is 19.0 Å². The van der Waals surface area contributed by atoms with Crippen LogP contribution in [0.1, 0.15) is 56.1 Å². The van der Waals surface area contributed by atoms with E-state index in [-0.39, 0.29) is 11.9 Å². The molecule has 1 heterocycles. The molecule has 2 fully saturated rings. The van der Waals surface area contributed by atoms with E-state index in [1.165, 1.54) is 25.7 Å². The summed E-state index contributed by atoms with van der Waals surface area (Å²) in [6.45, 7) is 6.49. The number of ether oxygens (including phenoxy) is 1. The zero-order chi connectivity index (χ0) is 24.8. The highest BCUT2D eigenvalue weighted by atomic mass is 32.2. The van der Waals surface area contributed by atoms with Crippen LogP contribution in [0.4, 0.5) is 0 Å². The zero-order valence-electron chi connectivity index (χ0n) is 21.9. The fourth-order valence-electron chi connectivity index (χ4n) is 5.45. The Balaban J connectivity index is 1.40. The van der Waals surface area contributed by atoms with Gasteiger partial charge < -0.3 is 19.9 Å². The molecule has 192 valence electrons. The van der Waals surface area contributed by atoms with Crippen molar-refractivity contribution < 1.29 is 13.7 Å². The highest BCUT2D eigenvalue weighted by molar-refractivity contribution is 7.82. The van der Waals surface area contributed by atoms with Crippen LogP contribution in [0.25, 0.3) is 0 Å². The van der Waals surface area contributed by atoms with Gasteiger partial charge in [0.05, 0.1) is 12.0 Å². The number of benzene rings is 1. The summed E-state index contributed by atoms with van der Waals surface area (Å²) < 4.78 is 20.2. The molecule has 1 aromatic carbocycles. The van der Waals surface area contributed by atoms with Crippen LogP contribution in [0.5, 0.6) is 5.75 Å². The van der Waals surface area contributed by atoms with Crippen LogP contribution in [-0.2, 0) is 15.8 Å². The minimum Gasteiger partial charge on any atom is -0.497 e. The second kappa shape index (κ2) is 12.5. The fraction of sp³-hybridized carbons (Fsp3) is 0.731. The summed E-state index contributed by atoms with van der Waals surface area (Å²) in [6, 6.07) is 5.51. The van der Waals surface area contributed by atoms with Crippen molar-refractivity contribution >= 4 is 16.9 Å². The van der Waals surface area contributed by atoms with Gasteiger partial charge in [-0.1, -0.05) is 0 Å². The van der Waals surface area contributed by atoms with Crippen molar-refractivity contribution in [2.45, 2.75) is 81.8 Å². The van der Waals surface area contributed by atoms with Gasteiger partial charge >= 0.3 is 0 Å². The van der Waals surface area contributed by atoms with Crippen molar-refractivity contribution in [2.24, 2.45) is 0 Å². The van der Waals surface area contributed by atoms with Gasteiger partial charge in [-0.05, 0) is 89.7 Å². The molecule has 1 atom stereocenters. The average Bonchev–Trinajstić information content (AvgIpc) is 2.82. The molecule has 1 aliphatic carbocycles. The van der Waals surface area contributed by atoms with E-state index in [2.05, 4.69) is 29.2 Å². The molecule has 0 radical (unpaired) electrons. The van der Waals surface area contributed by atoms with E-state index in [1.54, 1.807) is 11.4 Å². The summed E-state index contributed by atoms with van der Waals surface area (Å²) in [5, 5.41) is 3.22. The number of methoxy groups -OCH3 is 1. The summed E-state index contributed by atoms with van der Waals surface area (Å²) in [4.78, 5) is 18.4. The topological polar surface area (TPSA) is 65.1 Å².